The van der Waals surface area contributed by atoms with Crippen LogP contribution in [0.5, 0.6) is 11.5 Å². The molecule has 0 aliphatic carbocycles. The lowest BCUT2D eigenvalue weighted by Crippen LogP contribution is -2.38. The van der Waals surface area contributed by atoms with Crippen LogP contribution in [0.15, 0.2) is 48.4 Å². The predicted octanol–water partition coefficient (Wildman–Crippen LogP) is 5.46. The minimum atomic E-state index is -0.130. The number of phenols is 1. The number of carbonyl (C=O) groups excluding carboxylic acids is 1. The summed E-state index contributed by atoms with van der Waals surface area (Å²) in [5.74, 6) is 2.11. The Morgan fingerprint density at radius 2 is 1.88 bits per heavy atom. The van der Waals surface area contributed by atoms with E-state index >= 15 is 0 Å². The maximum atomic E-state index is 13.2. The second-order valence-corrected chi connectivity index (χ2v) is 9.41. The lowest BCUT2D eigenvalue weighted by molar-refractivity contribution is 0.101. The smallest absolute Gasteiger partial charge is 0.231 e. The quantitative estimate of drug-likeness (QED) is 0.559. The van der Waals surface area contributed by atoms with E-state index < -0.39 is 0 Å². The Morgan fingerprint density at radius 3 is 2.62 bits per heavy atom. The van der Waals surface area contributed by atoms with Crippen molar-refractivity contribution in [3.05, 3.63) is 65.0 Å². The number of piperidine rings is 1. The number of ketones is 1. The maximum Gasteiger partial charge on any atom is 0.231 e. The lowest BCUT2D eigenvalue weighted by atomic mass is 9.91. The number of carbonyl (C=O) groups is 1. The summed E-state index contributed by atoms with van der Waals surface area (Å²) in [4.78, 5) is 15.5. The summed E-state index contributed by atoms with van der Waals surface area (Å²) in [5.41, 5.74) is 3.33. The van der Waals surface area contributed by atoms with Gasteiger partial charge in [-0.15, -0.1) is 0 Å². The number of aromatic hydroxyl groups is 1. The van der Waals surface area contributed by atoms with Crippen molar-refractivity contribution in [2.24, 2.45) is 11.8 Å². The number of Topliss-reactive ketones (excluding diaryl/α,β-unsaturated/α-hetero) is 1. The largest absolute Gasteiger partial charge is 0.507 e. The number of phenolic OH excluding ortho intramolecular Hbond substituents is 1. The van der Waals surface area contributed by atoms with Gasteiger partial charge >= 0.3 is 0 Å². The Hall–Kier alpha value is -3.05. The second-order valence-electron chi connectivity index (χ2n) is 9.41. The first-order valence-corrected chi connectivity index (χ1v) is 11.5. The van der Waals surface area contributed by atoms with Gasteiger partial charge in [-0.1, -0.05) is 32.0 Å². The van der Waals surface area contributed by atoms with Crippen LogP contribution in [0.1, 0.15) is 48.7 Å². The van der Waals surface area contributed by atoms with Crippen LogP contribution in [0.4, 0.5) is 0 Å². The number of allylic oxidation sites excluding steroid dienone is 1. The van der Waals surface area contributed by atoms with Gasteiger partial charge in [0.2, 0.25) is 5.78 Å². The predicted molar refractivity (Wildman–Crippen MR) is 127 cm³/mol. The minimum Gasteiger partial charge on any atom is -0.507 e. The number of likely N-dealkylation sites (tertiary alicyclic amines) is 1. The number of aryl methyl sites for hydroxylation is 1. The molecule has 32 heavy (non-hydrogen) atoms. The summed E-state index contributed by atoms with van der Waals surface area (Å²) in [7, 11) is 0. The number of benzene rings is 2. The van der Waals surface area contributed by atoms with Crippen molar-refractivity contribution in [3.63, 3.8) is 0 Å². The van der Waals surface area contributed by atoms with E-state index in [1.54, 1.807) is 12.1 Å². The lowest BCUT2D eigenvalue weighted by Gasteiger charge is -2.35. The summed E-state index contributed by atoms with van der Waals surface area (Å²) in [5, 5.41) is 11.7. The Kier molecular flexibility index (Phi) is 5.30. The number of rotatable bonds is 4. The number of aromatic nitrogens is 1. The fourth-order valence-electron chi connectivity index (χ4n) is 5.39. The molecule has 3 heterocycles. The van der Waals surface area contributed by atoms with Crippen LogP contribution in [0.2, 0.25) is 0 Å². The Balaban J connectivity index is 1.50. The molecule has 5 rings (SSSR count). The van der Waals surface area contributed by atoms with Gasteiger partial charge in [0.25, 0.3) is 0 Å². The van der Waals surface area contributed by atoms with Crippen molar-refractivity contribution in [2.75, 3.05) is 13.1 Å². The summed E-state index contributed by atoms with van der Waals surface area (Å²) < 4.78 is 8.31. The molecule has 166 valence electrons. The van der Waals surface area contributed by atoms with Crippen LogP contribution < -0.4 is 4.74 Å². The molecule has 1 saturated heterocycles. The molecule has 5 nitrogen and oxygen atoms in total. The number of fused-ring (bicyclic) bond motifs is 2. The highest BCUT2D eigenvalue weighted by atomic mass is 16.5. The highest BCUT2D eigenvalue weighted by Crippen LogP contribution is 2.41. The number of nitrogens with zero attached hydrogens (tertiary/aromatic N) is 2. The molecule has 0 bridgehead atoms. The molecule has 2 aliphatic rings. The van der Waals surface area contributed by atoms with E-state index in [0.717, 1.165) is 36.1 Å². The molecule has 0 radical (unpaired) electrons. The molecule has 1 N–H and O–H groups in total. The molecule has 2 aliphatic heterocycles. The molecule has 3 aromatic rings. The van der Waals surface area contributed by atoms with Gasteiger partial charge in [-0.05, 0) is 49.5 Å². The van der Waals surface area contributed by atoms with E-state index in [9.17, 15) is 9.90 Å². The highest BCUT2D eigenvalue weighted by molar-refractivity contribution is 6.15. The van der Waals surface area contributed by atoms with Gasteiger partial charge in [-0.25, -0.2) is 0 Å². The average molecular weight is 431 g/mol. The van der Waals surface area contributed by atoms with Crippen LogP contribution >= 0.6 is 0 Å². The SMILES string of the molecule is CCn1cc(C=C2Oc3c(ccc(O)c3CN3C[C@H](C)C[C@H](C)C3)C2=O)c2ccccc21. The Labute approximate surface area is 188 Å². The van der Waals surface area contributed by atoms with Crippen molar-refractivity contribution >= 4 is 22.8 Å². The molecular formula is C27H30N2O3. The molecule has 0 unspecified atom stereocenters. The molecule has 5 heteroatoms. The zero-order valence-electron chi connectivity index (χ0n) is 19.0. The standard InChI is InChI=1S/C27H30N2O3/c1-4-29-15-19(20-7-5-6-8-23(20)29)12-25-26(31)21-9-10-24(30)22(27(21)32-25)16-28-13-17(2)11-18(3)14-28/h5-10,12,15,17-18,30H,4,11,13-14,16H2,1-3H3/t17-,18+. The number of ether oxygens (including phenoxy) is 1. The van der Waals surface area contributed by atoms with Crippen LogP contribution in [-0.4, -0.2) is 33.4 Å². The molecule has 2 atom stereocenters. The average Bonchev–Trinajstić information content (AvgIpc) is 3.28. The van der Waals surface area contributed by atoms with Gasteiger partial charge in [-0.3, -0.25) is 9.69 Å². The fourth-order valence-corrected chi connectivity index (χ4v) is 5.39. The number of hydrogen-bond donors (Lipinski definition) is 1. The van der Waals surface area contributed by atoms with Crippen molar-refractivity contribution in [1.29, 1.82) is 0 Å². The topological polar surface area (TPSA) is 54.7 Å². The van der Waals surface area contributed by atoms with Gasteiger partial charge < -0.3 is 14.4 Å². The molecular weight excluding hydrogens is 400 g/mol. The maximum absolute atomic E-state index is 13.2. The van der Waals surface area contributed by atoms with Gasteiger partial charge in [-0.2, -0.15) is 0 Å². The third-order valence-corrected chi connectivity index (χ3v) is 6.69. The first-order chi connectivity index (χ1) is 15.4. The molecule has 2 aromatic carbocycles. The molecule has 1 fully saturated rings. The van der Waals surface area contributed by atoms with Crippen molar-refractivity contribution in [1.82, 2.24) is 9.47 Å². The van der Waals surface area contributed by atoms with Gasteiger partial charge in [0.05, 0.1) is 11.1 Å². The number of para-hydroxylation sites is 1. The van der Waals surface area contributed by atoms with Crippen molar-refractivity contribution < 1.29 is 14.6 Å². The first-order valence-electron chi connectivity index (χ1n) is 11.5. The zero-order valence-corrected chi connectivity index (χ0v) is 19.0. The third-order valence-electron chi connectivity index (χ3n) is 6.69. The minimum absolute atomic E-state index is 0.130. The molecule has 0 spiro atoms. The number of hydrogen-bond acceptors (Lipinski definition) is 4. The summed E-state index contributed by atoms with van der Waals surface area (Å²) in [6.45, 7) is 10.1. The van der Waals surface area contributed by atoms with E-state index in [2.05, 4.69) is 48.6 Å². The second kappa shape index (κ2) is 8.14. The third kappa shape index (κ3) is 3.61. The first kappa shape index (κ1) is 20.8. The van der Waals surface area contributed by atoms with Gasteiger partial charge in [0.1, 0.15) is 11.5 Å². The zero-order chi connectivity index (χ0) is 22.4. The van der Waals surface area contributed by atoms with Crippen LogP contribution in [0.25, 0.3) is 17.0 Å². The normalized spacial score (nSPS) is 22.5. The summed E-state index contributed by atoms with van der Waals surface area (Å²) in [6, 6.07) is 11.5. The van der Waals surface area contributed by atoms with Gasteiger partial charge in [0, 0.05) is 48.8 Å². The Bertz CT molecular complexity index is 1210. The van der Waals surface area contributed by atoms with E-state index in [0.29, 0.717) is 41.0 Å². The van der Waals surface area contributed by atoms with Crippen molar-refractivity contribution in [2.45, 2.75) is 40.3 Å². The summed E-state index contributed by atoms with van der Waals surface area (Å²) in [6.07, 6.45) is 5.12. The molecule has 1 aromatic heterocycles. The highest BCUT2D eigenvalue weighted by Gasteiger charge is 2.33. The van der Waals surface area contributed by atoms with Crippen LogP contribution in [-0.2, 0) is 13.1 Å². The molecule has 0 saturated carbocycles. The Morgan fingerprint density at radius 1 is 1.12 bits per heavy atom. The monoisotopic (exact) mass is 430 g/mol. The van der Waals surface area contributed by atoms with E-state index in [-0.39, 0.29) is 11.5 Å². The van der Waals surface area contributed by atoms with Gasteiger partial charge in [0.15, 0.2) is 5.76 Å². The summed E-state index contributed by atoms with van der Waals surface area (Å²) >= 11 is 0. The van der Waals surface area contributed by atoms with E-state index in [1.807, 2.05) is 18.2 Å². The van der Waals surface area contributed by atoms with Crippen LogP contribution in [0, 0.1) is 11.8 Å². The fraction of sp³-hybridized carbons (Fsp3) is 0.370. The van der Waals surface area contributed by atoms with Crippen molar-refractivity contribution in [3.8, 4) is 11.5 Å². The van der Waals surface area contributed by atoms with E-state index in [1.165, 1.54) is 6.42 Å². The van der Waals surface area contributed by atoms with E-state index in [4.69, 9.17) is 4.74 Å². The molecule has 0 amide bonds. The van der Waals surface area contributed by atoms with Crippen LogP contribution in [0.3, 0.4) is 0 Å².